The summed E-state index contributed by atoms with van der Waals surface area (Å²) < 4.78 is 68.8. The molecular formula is C81H158O17P2. The van der Waals surface area contributed by atoms with Crippen molar-refractivity contribution < 1.29 is 80.2 Å². The molecule has 0 aliphatic heterocycles. The first-order chi connectivity index (χ1) is 48.5. The average Bonchev–Trinajstić information content (AvgIpc) is 0.931. The third kappa shape index (κ3) is 74.3. The molecule has 0 rings (SSSR count). The summed E-state index contributed by atoms with van der Waals surface area (Å²) in [4.78, 5) is 73.1. The van der Waals surface area contributed by atoms with E-state index in [1.54, 1.807) is 0 Å². The van der Waals surface area contributed by atoms with Crippen LogP contribution in [0.1, 0.15) is 433 Å². The van der Waals surface area contributed by atoms with Crippen LogP contribution in [-0.2, 0) is 65.4 Å². The van der Waals surface area contributed by atoms with E-state index < -0.39 is 97.5 Å². The van der Waals surface area contributed by atoms with E-state index in [0.29, 0.717) is 25.7 Å². The van der Waals surface area contributed by atoms with Gasteiger partial charge in [0.05, 0.1) is 26.4 Å². The molecule has 594 valence electrons. The molecule has 0 radical (unpaired) electrons. The standard InChI is InChI=1S/C81H158O17P2/c1-6-9-12-15-18-21-24-27-29-30-31-32-34-37-40-46-51-56-61-66-80(85)97-76(70-92-79(84)65-60-55-50-45-39-36-33-28-25-22-19-16-13-10-7-2)72-95-99(87,88)93-68-75(82)69-94-100(89,90)96-73-77(98-81(86)67-62-57-52-47-42-41-43-48-53-58-63-74(4)5)71-91-78(83)64-59-54-49-44-38-35-26-23-20-17-14-11-8-3/h74-77,82H,6-73H2,1-5H3,(H,87,88)(H,89,90)/t75-,76-,77-/m1/s1. The summed E-state index contributed by atoms with van der Waals surface area (Å²) >= 11 is 0. The minimum atomic E-state index is -4.96. The highest BCUT2D eigenvalue weighted by Gasteiger charge is 2.30. The largest absolute Gasteiger partial charge is 0.472 e. The van der Waals surface area contributed by atoms with Gasteiger partial charge in [0.1, 0.15) is 19.3 Å². The molecule has 0 aromatic heterocycles. The van der Waals surface area contributed by atoms with Crippen LogP contribution in [0.5, 0.6) is 0 Å². The van der Waals surface area contributed by atoms with Crippen molar-refractivity contribution in [3.63, 3.8) is 0 Å². The first-order valence-electron chi connectivity index (χ1n) is 42.1. The molecule has 100 heavy (non-hydrogen) atoms. The van der Waals surface area contributed by atoms with Crippen molar-refractivity contribution in [1.29, 1.82) is 0 Å². The van der Waals surface area contributed by atoms with Crippen LogP contribution in [0.4, 0.5) is 0 Å². The maximum atomic E-state index is 13.1. The number of ether oxygens (including phenoxy) is 4. The van der Waals surface area contributed by atoms with E-state index in [1.165, 1.54) is 257 Å². The molecule has 0 aliphatic rings. The number of rotatable bonds is 81. The van der Waals surface area contributed by atoms with E-state index in [9.17, 15) is 43.2 Å². The first-order valence-corrected chi connectivity index (χ1v) is 45.1. The summed E-state index contributed by atoms with van der Waals surface area (Å²) in [6.07, 6.45) is 65.1. The van der Waals surface area contributed by atoms with Gasteiger partial charge in [-0.25, -0.2) is 9.13 Å². The fourth-order valence-corrected chi connectivity index (χ4v) is 14.2. The van der Waals surface area contributed by atoms with Crippen LogP contribution in [-0.4, -0.2) is 96.7 Å². The van der Waals surface area contributed by atoms with Crippen molar-refractivity contribution >= 4 is 39.5 Å². The van der Waals surface area contributed by atoms with Crippen LogP contribution < -0.4 is 0 Å². The molecule has 0 bridgehead atoms. The fraction of sp³-hybridized carbons (Fsp3) is 0.951. The van der Waals surface area contributed by atoms with Crippen molar-refractivity contribution in [3.05, 3.63) is 0 Å². The Balaban J connectivity index is 5.25. The zero-order chi connectivity index (χ0) is 73.4. The fourth-order valence-electron chi connectivity index (χ4n) is 12.6. The zero-order valence-electron chi connectivity index (χ0n) is 65.3. The topological polar surface area (TPSA) is 237 Å². The van der Waals surface area contributed by atoms with E-state index in [1.807, 2.05) is 0 Å². The van der Waals surface area contributed by atoms with E-state index in [-0.39, 0.29) is 25.7 Å². The number of phosphoric acid groups is 2. The lowest BCUT2D eigenvalue weighted by atomic mass is 10.0. The second-order valence-corrected chi connectivity index (χ2v) is 32.5. The Kier molecular flexibility index (Phi) is 72.5. The van der Waals surface area contributed by atoms with Crippen molar-refractivity contribution in [1.82, 2.24) is 0 Å². The highest BCUT2D eigenvalue weighted by atomic mass is 31.2. The summed E-state index contributed by atoms with van der Waals surface area (Å²) in [6, 6.07) is 0. The van der Waals surface area contributed by atoms with E-state index in [2.05, 4.69) is 34.6 Å². The summed E-state index contributed by atoms with van der Waals surface area (Å²) in [5.74, 6) is -1.35. The van der Waals surface area contributed by atoms with Gasteiger partial charge in [0.25, 0.3) is 0 Å². The summed E-state index contributed by atoms with van der Waals surface area (Å²) in [6.45, 7) is 7.33. The van der Waals surface area contributed by atoms with E-state index in [0.717, 1.165) is 95.8 Å². The quantitative estimate of drug-likeness (QED) is 0.0222. The maximum absolute atomic E-state index is 13.1. The predicted molar refractivity (Wildman–Crippen MR) is 409 cm³/mol. The minimum absolute atomic E-state index is 0.107. The van der Waals surface area contributed by atoms with Crippen LogP contribution in [0.15, 0.2) is 0 Å². The van der Waals surface area contributed by atoms with Crippen LogP contribution in [0.3, 0.4) is 0 Å². The second-order valence-electron chi connectivity index (χ2n) is 29.6. The Morgan fingerprint density at radius 1 is 0.270 bits per heavy atom. The lowest BCUT2D eigenvalue weighted by molar-refractivity contribution is -0.161. The van der Waals surface area contributed by atoms with E-state index >= 15 is 0 Å². The number of hydrogen-bond donors (Lipinski definition) is 3. The number of carbonyl (C=O) groups is 4. The average molecular weight is 1470 g/mol. The van der Waals surface area contributed by atoms with Crippen molar-refractivity contribution in [2.75, 3.05) is 39.6 Å². The van der Waals surface area contributed by atoms with Crippen molar-refractivity contribution in [3.8, 4) is 0 Å². The highest BCUT2D eigenvalue weighted by molar-refractivity contribution is 7.47. The number of carbonyl (C=O) groups excluding carboxylic acids is 4. The third-order valence-electron chi connectivity index (χ3n) is 19.0. The van der Waals surface area contributed by atoms with Crippen LogP contribution in [0.25, 0.3) is 0 Å². The number of unbranched alkanes of at least 4 members (excludes halogenated alkanes) is 53. The second kappa shape index (κ2) is 73.9. The number of aliphatic hydroxyl groups is 1. The van der Waals surface area contributed by atoms with Gasteiger partial charge < -0.3 is 33.8 Å². The van der Waals surface area contributed by atoms with Gasteiger partial charge >= 0.3 is 39.5 Å². The van der Waals surface area contributed by atoms with Gasteiger partial charge in [0.15, 0.2) is 12.2 Å². The van der Waals surface area contributed by atoms with Gasteiger partial charge in [-0.15, -0.1) is 0 Å². The van der Waals surface area contributed by atoms with Gasteiger partial charge in [-0.2, -0.15) is 0 Å². The Labute approximate surface area is 613 Å². The Morgan fingerprint density at radius 2 is 0.460 bits per heavy atom. The van der Waals surface area contributed by atoms with Crippen molar-refractivity contribution in [2.45, 2.75) is 451 Å². The molecule has 0 spiro atoms. The molecule has 0 aliphatic carbocycles. The molecule has 2 unspecified atom stereocenters. The summed E-state index contributed by atoms with van der Waals surface area (Å²) in [7, 11) is -9.92. The van der Waals surface area contributed by atoms with Gasteiger partial charge in [-0.3, -0.25) is 37.3 Å². The molecule has 0 amide bonds. The lowest BCUT2D eigenvalue weighted by Crippen LogP contribution is -2.30. The Hall–Kier alpha value is -1.94. The van der Waals surface area contributed by atoms with Crippen molar-refractivity contribution in [2.24, 2.45) is 5.92 Å². The number of hydrogen-bond acceptors (Lipinski definition) is 15. The number of esters is 4. The smallest absolute Gasteiger partial charge is 0.462 e. The zero-order valence-corrected chi connectivity index (χ0v) is 67.1. The predicted octanol–water partition coefficient (Wildman–Crippen LogP) is 24.4. The highest BCUT2D eigenvalue weighted by Crippen LogP contribution is 2.45. The number of phosphoric ester groups is 2. The summed E-state index contributed by atoms with van der Waals surface area (Å²) in [5.41, 5.74) is 0. The van der Waals surface area contributed by atoms with Gasteiger partial charge in [0.2, 0.25) is 0 Å². The molecule has 17 nitrogen and oxygen atoms in total. The molecule has 5 atom stereocenters. The maximum Gasteiger partial charge on any atom is 0.472 e. The molecule has 19 heteroatoms. The monoisotopic (exact) mass is 1470 g/mol. The Bertz CT molecular complexity index is 1910. The van der Waals surface area contributed by atoms with Crippen LogP contribution >= 0.6 is 15.6 Å². The van der Waals surface area contributed by atoms with Crippen LogP contribution in [0.2, 0.25) is 0 Å². The summed E-state index contributed by atoms with van der Waals surface area (Å²) in [5, 5.41) is 10.6. The van der Waals surface area contributed by atoms with Gasteiger partial charge in [-0.1, -0.05) is 381 Å². The third-order valence-corrected chi connectivity index (χ3v) is 20.9. The molecule has 0 aromatic rings. The minimum Gasteiger partial charge on any atom is -0.462 e. The van der Waals surface area contributed by atoms with Gasteiger partial charge in [0, 0.05) is 25.7 Å². The normalized spacial score (nSPS) is 13.8. The number of aliphatic hydroxyl groups excluding tert-OH is 1. The van der Waals surface area contributed by atoms with E-state index in [4.69, 9.17) is 37.0 Å². The molecule has 0 heterocycles. The molecule has 0 aromatic carbocycles. The molecule has 0 fully saturated rings. The first kappa shape index (κ1) is 98.1. The molecule has 0 saturated carbocycles. The SMILES string of the molecule is CCCCCCCCCCCCCCCCCCCCCC(=O)O[C@H](COC(=O)CCCCCCCCCCCCCCCCC)COP(=O)(O)OC[C@@H](O)COP(=O)(O)OC[C@@H](COC(=O)CCCCCCCCCCCCCCC)OC(=O)CCCCCCCCCCCCC(C)C. The van der Waals surface area contributed by atoms with Crippen LogP contribution in [0, 0.1) is 5.92 Å². The molecule has 0 saturated heterocycles. The van der Waals surface area contributed by atoms with Gasteiger partial charge in [-0.05, 0) is 31.6 Å². The molecule has 3 N–H and O–H groups in total. The lowest BCUT2D eigenvalue weighted by Gasteiger charge is -2.21. The molecular weight excluding hydrogens is 1310 g/mol. The Morgan fingerprint density at radius 3 is 0.680 bits per heavy atom.